The van der Waals surface area contributed by atoms with Crippen LogP contribution in [-0.4, -0.2) is 51.0 Å². The summed E-state index contributed by atoms with van der Waals surface area (Å²) in [7, 11) is 1.59. The van der Waals surface area contributed by atoms with E-state index in [1.165, 1.54) is 0 Å². The number of hydrogen-bond donors (Lipinski definition) is 1. The third-order valence-electron chi connectivity index (χ3n) is 5.03. The Labute approximate surface area is 178 Å². The van der Waals surface area contributed by atoms with Crippen molar-refractivity contribution in [3.63, 3.8) is 0 Å². The molecule has 1 fully saturated rings. The second kappa shape index (κ2) is 12.0. The molecule has 0 radical (unpaired) electrons. The molecule has 6 heteroatoms. The average Bonchev–Trinajstić information content (AvgIpc) is 2.81. The zero-order chi connectivity index (χ0) is 21.2. The molecule has 0 spiro atoms. The van der Waals surface area contributed by atoms with Crippen LogP contribution in [0.15, 0.2) is 73.3 Å². The van der Waals surface area contributed by atoms with Gasteiger partial charge in [0.1, 0.15) is 24.4 Å². The largest absolute Gasteiger partial charge is 0.369 e. The van der Waals surface area contributed by atoms with Gasteiger partial charge in [0.25, 0.3) is 0 Å². The van der Waals surface area contributed by atoms with Gasteiger partial charge in [-0.05, 0) is 11.1 Å². The van der Waals surface area contributed by atoms with Crippen molar-refractivity contribution in [2.75, 3.05) is 20.3 Å². The van der Waals surface area contributed by atoms with E-state index in [9.17, 15) is 0 Å². The highest BCUT2D eigenvalue weighted by atomic mass is 16.7. The number of ether oxygens (including phenoxy) is 5. The highest BCUT2D eigenvalue weighted by Gasteiger charge is 2.48. The van der Waals surface area contributed by atoms with Gasteiger partial charge in [-0.1, -0.05) is 66.7 Å². The Morgan fingerprint density at radius 3 is 1.93 bits per heavy atom. The van der Waals surface area contributed by atoms with Gasteiger partial charge >= 0.3 is 0 Å². The maximum Gasteiger partial charge on any atom is 0.186 e. The van der Waals surface area contributed by atoms with Crippen LogP contribution in [0.1, 0.15) is 11.1 Å². The van der Waals surface area contributed by atoms with E-state index in [1.807, 2.05) is 60.7 Å². The first-order valence-corrected chi connectivity index (χ1v) is 10.2. The lowest BCUT2D eigenvalue weighted by Crippen LogP contribution is -2.62. The van der Waals surface area contributed by atoms with Crippen molar-refractivity contribution in [1.82, 2.24) is 0 Å². The third kappa shape index (κ3) is 5.98. The summed E-state index contributed by atoms with van der Waals surface area (Å²) < 4.78 is 30.3. The van der Waals surface area contributed by atoms with Gasteiger partial charge in [0.05, 0.1) is 19.8 Å². The Morgan fingerprint density at radius 2 is 1.43 bits per heavy atom. The molecule has 1 heterocycles. The van der Waals surface area contributed by atoms with Crippen LogP contribution in [0.5, 0.6) is 0 Å². The summed E-state index contributed by atoms with van der Waals surface area (Å²) in [5, 5.41) is 0. The Bertz CT molecular complexity index is 742. The fraction of sp³-hybridized carbons (Fsp3) is 0.417. The molecule has 0 aliphatic carbocycles. The number of hydrogen-bond acceptors (Lipinski definition) is 6. The van der Waals surface area contributed by atoms with Crippen molar-refractivity contribution in [2.45, 2.75) is 43.9 Å². The van der Waals surface area contributed by atoms with E-state index in [0.717, 1.165) is 11.1 Å². The lowest BCUT2D eigenvalue weighted by atomic mass is 9.97. The molecule has 0 unspecified atom stereocenters. The highest BCUT2D eigenvalue weighted by Crippen LogP contribution is 2.29. The van der Waals surface area contributed by atoms with Gasteiger partial charge in [0, 0.05) is 13.7 Å². The second-order valence-electron chi connectivity index (χ2n) is 7.12. The molecule has 2 aromatic rings. The predicted molar refractivity (Wildman–Crippen MR) is 115 cm³/mol. The third-order valence-corrected chi connectivity index (χ3v) is 5.03. The van der Waals surface area contributed by atoms with Gasteiger partial charge in [-0.15, -0.1) is 6.58 Å². The maximum atomic E-state index is 6.34. The number of rotatable bonds is 11. The number of methoxy groups -OCH3 is 1. The van der Waals surface area contributed by atoms with Crippen molar-refractivity contribution in [2.24, 2.45) is 5.73 Å². The Hall–Kier alpha value is -2.06. The highest BCUT2D eigenvalue weighted by molar-refractivity contribution is 5.14. The molecular weight excluding hydrogens is 382 g/mol. The average molecular weight is 414 g/mol. The smallest absolute Gasteiger partial charge is 0.186 e. The fourth-order valence-corrected chi connectivity index (χ4v) is 3.54. The maximum absolute atomic E-state index is 6.34. The minimum atomic E-state index is -0.619. The topological polar surface area (TPSA) is 72.2 Å². The molecule has 1 saturated heterocycles. The van der Waals surface area contributed by atoms with Crippen molar-refractivity contribution in [1.29, 1.82) is 0 Å². The van der Waals surface area contributed by atoms with Crippen molar-refractivity contribution in [3.05, 3.63) is 84.4 Å². The van der Waals surface area contributed by atoms with E-state index in [4.69, 9.17) is 29.4 Å². The molecule has 2 N–H and O–H groups in total. The van der Waals surface area contributed by atoms with E-state index in [0.29, 0.717) is 19.8 Å². The van der Waals surface area contributed by atoms with E-state index < -0.39 is 24.6 Å². The van der Waals surface area contributed by atoms with Crippen molar-refractivity contribution >= 4 is 0 Å². The van der Waals surface area contributed by atoms with Crippen molar-refractivity contribution < 1.29 is 23.7 Å². The molecule has 30 heavy (non-hydrogen) atoms. The van der Waals surface area contributed by atoms with Crippen LogP contribution >= 0.6 is 0 Å². The Kier molecular flexibility index (Phi) is 9.01. The normalized spacial score (nSPS) is 26.4. The molecule has 3 rings (SSSR count). The van der Waals surface area contributed by atoms with Crippen LogP contribution in [0.4, 0.5) is 0 Å². The number of nitrogens with two attached hydrogens (primary N) is 1. The van der Waals surface area contributed by atoms with Gasteiger partial charge in [0.15, 0.2) is 6.29 Å². The zero-order valence-corrected chi connectivity index (χ0v) is 17.4. The lowest BCUT2D eigenvalue weighted by molar-refractivity contribution is -0.313. The van der Waals surface area contributed by atoms with Crippen LogP contribution in [0, 0.1) is 0 Å². The van der Waals surface area contributed by atoms with Gasteiger partial charge in [-0.2, -0.15) is 0 Å². The van der Waals surface area contributed by atoms with Crippen LogP contribution in [-0.2, 0) is 36.9 Å². The van der Waals surface area contributed by atoms with Crippen LogP contribution in [0.3, 0.4) is 0 Å². The summed E-state index contributed by atoms with van der Waals surface area (Å²) in [6.45, 7) is 5.20. The van der Waals surface area contributed by atoms with Gasteiger partial charge in [-0.25, -0.2) is 0 Å². The van der Waals surface area contributed by atoms with Crippen molar-refractivity contribution in [3.8, 4) is 0 Å². The molecule has 0 saturated carbocycles. The summed E-state index contributed by atoms with van der Waals surface area (Å²) in [4.78, 5) is 0. The lowest BCUT2D eigenvalue weighted by Gasteiger charge is -2.45. The van der Waals surface area contributed by atoms with Crippen LogP contribution in [0.25, 0.3) is 0 Å². The first kappa shape index (κ1) is 22.6. The molecule has 0 amide bonds. The predicted octanol–water partition coefficient (Wildman–Crippen LogP) is 3.06. The summed E-state index contributed by atoms with van der Waals surface area (Å²) in [5.41, 5.74) is 8.10. The molecular formula is C24H31NO5. The number of benzene rings is 2. The Balaban J connectivity index is 1.81. The minimum Gasteiger partial charge on any atom is -0.369 e. The molecule has 5 atom stereocenters. The van der Waals surface area contributed by atoms with E-state index >= 15 is 0 Å². The molecule has 6 nitrogen and oxygen atoms in total. The zero-order valence-electron chi connectivity index (χ0n) is 17.4. The van der Waals surface area contributed by atoms with E-state index in [-0.39, 0.29) is 12.6 Å². The quantitative estimate of drug-likeness (QED) is 0.571. The molecule has 0 aromatic heterocycles. The fourth-order valence-electron chi connectivity index (χ4n) is 3.54. The molecule has 2 aromatic carbocycles. The first-order valence-electron chi connectivity index (χ1n) is 10.2. The van der Waals surface area contributed by atoms with Crippen LogP contribution < -0.4 is 5.73 Å². The summed E-state index contributed by atoms with van der Waals surface area (Å²) in [5.74, 6) is 0. The molecule has 1 aliphatic rings. The summed E-state index contributed by atoms with van der Waals surface area (Å²) in [6.07, 6.45) is -0.634. The van der Waals surface area contributed by atoms with E-state index in [2.05, 4.69) is 6.58 Å². The molecule has 162 valence electrons. The standard InChI is InChI=1S/C24H31NO5/c1-3-14-27-21-20(15-25)30-24(26-2)23(29-17-19-12-8-5-9-13-19)22(21)28-16-18-10-6-4-7-11-18/h3-13,20-24H,1,14-17,25H2,2H3/t20-,21-,22+,23-,24+/m1/s1. The molecule has 1 aliphatic heterocycles. The minimum absolute atomic E-state index is 0.276. The van der Waals surface area contributed by atoms with Gasteiger partial charge < -0.3 is 29.4 Å². The monoisotopic (exact) mass is 413 g/mol. The van der Waals surface area contributed by atoms with Gasteiger partial charge in [-0.3, -0.25) is 0 Å². The van der Waals surface area contributed by atoms with Gasteiger partial charge in [0.2, 0.25) is 0 Å². The second-order valence-corrected chi connectivity index (χ2v) is 7.12. The van der Waals surface area contributed by atoms with E-state index in [1.54, 1.807) is 13.2 Å². The Morgan fingerprint density at radius 1 is 0.867 bits per heavy atom. The first-order chi connectivity index (χ1) is 14.8. The SMILES string of the molecule is C=CCO[C@H]1[C@H](OCc2ccccc2)[C@@H](OCc2ccccc2)[C@@H](OC)O[C@@H]1CN. The molecule has 0 bridgehead atoms. The summed E-state index contributed by atoms with van der Waals surface area (Å²) >= 11 is 0. The summed E-state index contributed by atoms with van der Waals surface area (Å²) in [6, 6.07) is 19.9. The van der Waals surface area contributed by atoms with Crippen LogP contribution in [0.2, 0.25) is 0 Å².